The Bertz CT molecular complexity index is 510. The Morgan fingerprint density at radius 2 is 1.79 bits per heavy atom. The number of rotatable bonds is 4. The van der Waals surface area contributed by atoms with Crippen LogP contribution in [0.5, 0.6) is 0 Å². The molecule has 0 aliphatic heterocycles. The maximum atomic E-state index is 12.1. The van der Waals surface area contributed by atoms with Crippen LogP contribution in [0.1, 0.15) is 25.7 Å². The first kappa shape index (κ1) is 14.1. The topological polar surface area (TPSA) is 130 Å². The second-order valence-electron chi connectivity index (χ2n) is 4.51. The molecule has 1 saturated carbocycles. The third-order valence-corrected chi connectivity index (χ3v) is 4.56. The summed E-state index contributed by atoms with van der Waals surface area (Å²) in [5, 5.41) is 9.38. The van der Waals surface area contributed by atoms with Crippen molar-refractivity contribution >= 4 is 16.0 Å². The number of hydrogen-bond acceptors (Lipinski definition) is 7. The predicted molar refractivity (Wildman–Crippen MR) is 68.4 cm³/mol. The summed E-state index contributed by atoms with van der Waals surface area (Å²) in [6.07, 6.45) is 4.55. The number of hydrazine groups is 1. The molecule has 0 spiro atoms. The number of aliphatic hydroxyl groups is 1. The normalized spacial score (nSPS) is 24.1. The van der Waals surface area contributed by atoms with E-state index in [0.29, 0.717) is 25.7 Å². The first-order valence-electron chi connectivity index (χ1n) is 6.00. The number of nitrogen functional groups attached to an aromatic ring is 1. The predicted octanol–water partition coefficient (Wildman–Crippen LogP) is -0.656. The fourth-order valence-electron chi connectivity index (χ4n) is 2.01. The Labute approximate surface area is 111 Å². The summed E-state index contributed by atoms with van der Waals surface area (Å²) in [5.41, 5.74) is 2.23. The monoisotopic (exact) mass is 287 g/mol. The summed E-state index contributed by atoms with van der Waals surface area (Å²) < 4.78 is 26.8. The van der Waals surface area contributed by atoms with Crippen LogP contribution in [0.25, 0.3) is 0 Å². The zero-order valence-corrected chi connectivity index (χ0v) is 11.1. The van der Waals surface area contributed by atoms with Gasteiger partial charge in [0.05, 0.1) is 18.5 Å². The second kappa shape index (κ2) is 5.78. The van der Waals surface area contributed by atoms with Crippen molar-refractivity contribution in [3.63, 3.8) is 0 Å². The van der Waals surface area contributed by atoms with Gasteiger partial charge in [-0.15, -0.1) is 0 Å². The summed E-state index contributed by atoms with van der Waals surface area (Å²) in [5.74, 6) is 5.26. The van der Waals surface area contributed by atoms with Gasteiger partial charge in [0.25, 0.3) is 0 Å². The molecule has 0 amide bonds. The van der Waals surface area contributed by atoms with Gasteiger partial charge < -0.3 is 5.11 Å². The number of aromatic nitrogens is 2. The van der Waals surface area contributed by atoms with Gasteiger partial charge in [-0.25, -0.2) is 29.0 Å². The lowest BCUT2D eigenvalue weighted by atomic mass is 9.94. The first-order chi connectivity index (χ1) is 9.01. The van der Waals surface area contributed by atoms with Crippen molar-refractivity contribution in [2.24, 2.45) is 5.84 Å². The quantitative estimate of drug-likeness (QED) is 0.427. The average Bonchev–Trinajstić information content (AvgIpc) is 2.41. The van der Waals surface area contributed by atoms with Gasteiger partial charge in [-0.1, -0.05) is 0 Å². The standard InChI is InChI=1S/C10H17N5O3S/c11-14-10-12-5-9(6-13-10)19(17,18)15-7-1-3-8(16)4-2-7/h5-8,15-16H,1-4,11H2,(H,12,13,14). The number of aliphatic hydroxyl groups excluding tert-OH is 1. The highest BCUT2D eigenvalue weighted by molar-refractivity contribution is 7.89. The molecule has 1 aromatic heterocycles. The lowest BCUT2D eigenvalue weighted by molar-refractivity contribution is 0.120. The van der Waals surface area contributed by atoms with E-state index in [1.807, 2.05) is 0 Å². The molecule has 2 rings (SSSR count). The molecule has 1 heterocycles. The Hall–Kier alpha value is -1.29. The Kier molecular flexibility index (Phi) is 4.30. The molecule has 0 saturated heterocycles. The minimum absolute atomic E-state index is 0.00220. The number of anilines is 1. The number of nitrogens with one attached hydrogen (secondary N) is 2. The summed E-state index contributed by atoms with van der Waals surface area (Å²) in [6.45, 7) is 0. The van der Waals surface area contributed by atoms with Crippen LogP contribution in [-0.2, 0) is 10.0 Å². The number of hydrogen-bond donors (Lipinski definition) is 4. The van der Waals surface area contributed by atoms with E-state index in [1.54, 1.807) is 0 Å². The lowest BCUT2D eigenvalue weighted by Crippen LogP contribution is -2.38. The summed E-state index contributed by atoms with van der Waals surface area (Å²) in [7, 11) is -3.63. The van der Waals surface area contributed by atoms with Gasteiger partial charge in [0.2, 0.25) is 16.0 Å². The zero-order valence-electron chi connectivity index (χ0n) is 10.3. The fourth-order valence-corrected chi connectivity index (χ4v) is 3.20. The van der Waals surface area contributed by atoms with Gasteiger partial charge in [0, 0.05) is 6.04 Å². The van der Waals surface area contributed by atoms with Crippen molar-refractivity contribution in [1.82, 2.24) is 14.7 Å². The molecule has 0 atom stereocenters. The van der Waals surface area contributed by atoms with E-state index in [1.165, 1.54) is 12.4 Å². The van der Waals surface area contributed by atoms with Crippen LogP contribution >= 0.6 is 0 Å². The van der Waals surface area contributed by atoms with Crippen LogP contribution in [0.3, 0.4) is 0 Å². The Balaban J connectivity index is 2.05. The highest BCUT2D eigenvalue weighted by atomic mass is 32.2. The molecule has 1 aliphatic rings. The van der Waals surface area contributed by atoms with Crippen LogP contribution in [0.15, 0.2) is 17.3 Å². The molecule has 9 heteroatoms. The van der Waals surface area contributed by atoms with Crippen molar-refractivity contribution in [2.45, 2.75) is 42.7 Å². The van der Waals surface area contributed by atoms with Gasteiger partial charge in [-0.2, -0.15) is 0 Å². The zero-order chi connectivity index (χ0) is 13.9. The average molecular weight is 287 g/mol. The molecular formula is C10H17N5O3S. The smallest absolute Gasteiger partial charge is 0.243 e. The first-order valence-corrected chi connectivity index (χ1v) is 7.48. The fraction of sp³-hybridized carbons (Fsp3) is 0.600. The Morgan fingerprint density at radius 3 is 2.32 bits per heavy atom. The van der Waals surface area contributed by atoms with Gasteiger partial charge in [0.1, 0.15) is 4.90 Å². The van der Waals surface area contributed by atoms with Crippen molar-refractivity contribution in [2.75, 3.05) is 5.43 Å². The van der Waals surface area contributed by atoms with Gasteiger partial charge >= 0.3 is 0 Å². The largest absolute Gasteiger partial charge is 0.393 e. The van der Waals surface area contributed by atoms with Gasteiger partial charge in [0.15, 0.2) is 0 Å². The SMILES string of the molecule is NNc1ncc(S(=O)(=O)NC2CCC(O)CC2)cn1. The molecule has 0 aromatic carbocycles. The maximum Gasteiger partial charge on any atom is 0.243 e. The van der Waals surface area contributed by atoms with Crippen LogP contribution in [-0.4, -0.2) is 35.6 Å². The molecule has 1 aliphatic carbocycles. The number of sulfonamides is 1. The minimum Gasteiger partial charge on any atom is -0.393 e. The molecular weight excluding hydrogens is 270 g/mol. The maximum absolute atomic E-state index is 12.1. The molecule has 8 nitrogen and oxygen atoms in total. The van der Waals surface area contributed by atoms with Gasteiger partial charge in [-0.3, -0.25) is 5.43 Å². The molecule has 0 radical (unpaired) electrons. The molecule has 19 heavy (non-hydrogen) atoms. The summed E-state index contributed by atoms with van der Waals surface area (Å²) in [6, 6.07) is -0.152. The van der Waals surface area contributed by atoms with Crippen LogP contribution in [0, 0.1) is 0 Å². The van der Waals surface area contributed by atoms with Crippen LogP contribution < -0.4 is 16.0 Å². The van der Waals surface area contributed by atoms with E-state index in [9.17, 15) is 13.5 Å². The molecule has 5 N–H and O–H groups in total. The van der Waals surface area contributed by atoms with E-state index in [2.05, 4.69) is 20.1 Å². The van der Waals surface area contributed by atoms with E-state index in [-0.39, 0.29) is 23.0 Å². The third kappa shape index (κ3) is 3.60. The highest BCUT2D eigenvalue weighted by Gasteiger charge is 2.25. The molecule has 1 fully saturated rings. The molecule has 1 aromatic rings. The minimum atomic E-state index is -3.63. The highest BCUT2D eigenvalue weighted by Crippen LogP contribution is 2.20. The van der Waals surface area contributed by atoms with E-state index in [4.69, 9.17) is 5.84 Å². The summed E-state index contributed by atoms with van der Waals surface area (Å²) >= 11 is 0. The summed E-state index contributed by atoms with van der Waals surface area (Å²) in [4.78, 5) is 7.52. The lowest BCUT2D eigenvalue weighted by Gasteiger charge is -2.25. The van der Waals surface area contributed by atoms with E-state index < -0.39 is 10.0 Å². The van der Waals surface area contributed by atoms with E-state index >= 15 is 0 Å². The second-order valence-corrected chi connectivity index (χ2v) is 6.23. The van der Waals surface area contributed by atoms with Crippen molar-refractivity contribution in [3.05, 3.63) is 12.4 Å². The van der Waals surface area contributed by atoms with E-state index in [0.717, 1.165) is 0 Å². The molecule has 0 bridgehead atoms. The number of nitrogens with two attached hydrogens (primary N) is 1. The number of nitrogens with zero attached hydrogens (tertiary/aromatic N) is 2. The van der Waals surface area contributed by atoms with Crippen LogP contribution in [0.4, 0.5) is 5.95 Å². The third-order valence-electron chi connectivity index (χ3n) is 3.09. The molecule has 106 valence electrons. The van der Waals surface area contributed by atoms with Gasteiger partial charge in [-0.05, 0) is 25.7 Å². The van der Waals surface area contributed by atoms with Crippen LogP contribution in [0.2, 0.25) is 0 Å². The van der Waals surface area contributed by atoms with Crippen molar-refractivity contribution < 1.29 is 13.5 Å². The molecule has 0 unspecified atom stereocenters. The van der Waals surface area contributed by atoms with Crippen molar-refractivity contribution in [3.8, 4) is 0 Å². The van der Waals surface area contributed by atoms with Crippen molar-refractivity contribution in [1.29, 1.82) is 0 Å². The Morgan fingerprint density at radius 1 is 1.21 bits per heavy atom.